The number of nitriles is 2. The van der Waals surface area contributed by atoms with Crippen LogP contribution in [0.5, 0.6) is 0 Å². The van der Waals surface area contributed by atoms with Crippen LogP contribution in [0.25, 0.3) is 0 Å². The van der Waals surface area contributed by atoms with Gasteiger partial charge in [0.05, 0.1) is 15.7 Å². The minimum absolute atomic E-state index is 0. The normalized spacial score (nSPS) is 1.78. The van der Waals surface area contributed by atoms with Gasteiger partial charge in [0.15, 0.2) is 0 Å². The van der Waals surface area contributed by atoms with Crippen molar-refractivity contribution in [2.24, 2.45) is 0 Å². The molecule has 34 valence electrons. The van der Waals surface area contributed by atoms with Gasteiger partial charge in [0, 0.05) is 0 Å². The van der Waals surface area contributed by atoms with E-state index in [0.29, 0.717) is 0 Å². The zero-order chi connectivity index (χ0) is 5.41. The van der Waals surface area contributed by atoms with Crippen LogP contribution in [0.4, 0.5) is 0 Å². The second-order valence-electron chi connectivity index (χ2n) is 0. The molecule has 7 heteroatoms. The molecule has 0 rings (SSSR count). The second kappa shape index (κ2) is 49.7. The molecule has 0 aromatic rings. The molecule has 0 heterocycles. The van der Waals surface area contributed by atoms with Crippen LogP contribution < -0.4 is 88.7 Å². The van der Waals surface area contributed by atoms with Gasteiger partial charge in [-0.2, -0.15) is 11.9 Å². The van der Waals surface area contributed by atoms with E-state index in [-0.39, 0.29) is 106 Å². The molecular weight excluding hydrogens is 143 g/mol. The summed E-state index contributed by atoms with van der Waals surface area (Å²) in [5.74, 6) is 4.00. The Bertz CT molecular complexity index is 77.5. The van der Waals surface area contributed by atoms with Crippen molar-refractivity contribution in [2.75, 3.05) is 0 Å². The van der Waals surface area contributed by atoms with Crippen LogP contribution >= 0.6 is 0 Å². The van der Waals surface area contributed by atoms with Gasteiger partial charge in [-0.05, 0) is 0 Å². The molecule has 0 saturated heterocycles. The van der Waals surface area contributed by atoms with Crippen molar-refractivity contribution in [3.8, 4) is 11.9 Å². The fraction of sp³-hybridized carbons (Fsp3) is 0. The Balaban J connectivity index is -0.00000000571. The predicted octanol–water partition coefficient (Wildman–Crippen LogP) is -11.2. The Labute approximate surface area is 126 Å². The van der Waals surface area contributed by atoms with Crippen LogP contribution in [0.15, 0.2) is 0 Å². The second-order valence-corrected chi connectivity index (χ2v) is 0. The van der Waals surface area contributed by atoms with Crippen molar-refractivity contribution in [2.45, 2.75) is 0 Å². The van der Waals surface area contributed by atoms with Gasteiger partial charge in [-0.15, -0.1) is 0 Å². The summed E-state index contributed by atoms with van der Waals surface area (Å²) in [6, 6.07) is 0. The van der Waals surface area contributed by atoms with Crippen molar-refractivity contribution in [1.29, 1.82) is 10.5 Å². The maximum atomic E-state index is 7.43. The molecule has 0 N–H and O–H groups in total. The average molecular weight is 150 g/mol. The molecule has 0 amide bonds. The molecule has 0 aromatic carbocycles. The molecule has 0 atom stereocenters. The molecule has 2 nitrogen and oxygen atoms in total. The fourth-order valence-corrected chi connectivity index (χ4v) is 0. The van der Waals surface area contributed by atoms with Crippen molar-refractivity contribution in [1.82, 2.24) is 0 Å². The molecule has 0 unspecified atom stereocenters. The summed E-state index contributed by atoms with van der Waals surface area (Å²) in [5.41, 5.74) is 0. The largest absolute Gasteiger partial charge is 1.00 e. The first-order chi connectivity index (χ1) is 2.83. The molecule has 0 fully saturated rings. The van der Waals surface area contributed by atoms with E-state index in [2.05, 4.69) is 0 Å². The molecule has 0 radical (unpaired) electrons. The summed E-state index contributed by atoms with van der Waals surface area (Å²) in [4.78, 5) is 0. The molecule has 0 aliphatic rings. The summed E-state index contributed by atoms with van der Waals surface area (Å²) in [6.07, 6.45) is 0. The third-order valence-electron chi connectivity index (χ3n) is 0. The van der Waals surface area contributed by atoms with Crippen LogP contribution in [0.1, 0.15) is 1.43 Å². The van der Waals surface area contributed by atoms with E-state index in [1.54, 1.807) is 0 Å². The summed E-state index contributed by atoms with van der Waals surface area (Å²) in [6.45, 7) is 0. The summed E-state index contributed by atoms with van der Waals surface area (Å²) >= 11 is 0. The fourth-order valence-electron chi connectivity index (χ4n) is 0. The Morgan fingerprint density at radius 3 is 0.889 bits per heavy atom. The van der Waals surface area contributed by atoms with Crippen molar-refractivity contribution in [3.63, 3.8) is 0 Å². The Kier molecular flexibility index (Phi) is 168. The van der Waals surface area contributed by atoms with Gasteiger partial charge in [0.1, 0.15) is 0 Å². The van der Waals surface area contributed by atoms with Gasteiger partial charge in [0.2, 0.25) is 0 Å². The van der Waals surface area contributed by atoms with Crippen molar-refractivity contribution >= 4 is 15.7 Å². The Morgan fingerprint density at radius 2 is 0.889 bits per heavy atom. The zero-order valence-corrected chi connectivity index (χ0v) is 10.9. The van der Waals surface area contributed by atoms with Gasteiger partial charge in [-0.3, -0.25) is 10.5 Å². The third kappa shape index (κ3) is 149. The van der Waals surface area contributed by atoms with Gasteiger partial charge >= 0.3 is 88.7 Å². The molecule has 0 saturated carbocycles. The maximum Gasteiger partial charge on any atom is 1.00 e. The minimum atomic E-state index is 0. The number of nitrogens with zero attached hydrogens (tertiary/aromatic N) is 2. The van der Waals surface area contributed by atoms with Gasteiger partial charge in [0.25, 0.3) is 0 Å². The number of hydrogen-bond acceptors (Lipinski definition) is 2. The first kappa shape index (κ1) is 30.4. The number of rotatable bonds is 0. The molecule has 0 aliphatic heterocycles. The Hall–Kier alpha value is 2.11. The van der Waals surface area contributed by atoms with Crippen molar-refractivity contribution < 1.29 is 90.1 Å². The van der Waals surface area contributed by atoms with E-state index >= 15 is 0 Å². The monoisotopic (exact) mass is 150 g/mol. The smallest absolute Gasteiger partial charge is 1.00 e. The molecule has 0 aromatic heterocycles. The molecule has 0 aliphatic carbocycles. The molecule has 9 heavy (non-hydrogen) atoms. The van der Waals surface area contributed by atoms with E-state index in [1.807, 2.05) is 11.9 Å². The van der Waals surface area contributed by atoms with E-state index < -0.39 is 0 Å². The van der Waals surface area contributed by atoms with Crippen LogP contribution in [-0.4, -0.2) is 15.7 Å². The SMILES string of the molecule is [BH3-]C#N.[BH3-]C#N.[H-].[Na+].[Na+].[Na+]. The van der Waals surface area contributed by atoms with Crippen molar-refractivity contribution in [3.05, 3.63) is 0 Å². The first-order valence-electron chi connectivity index (χ1n) is 0.447. The summed E-state index contributed by atoms with van der Waals surface area (Å²) in [7, 11) is 0.139. The van der Waals surface area contributed by atoms with E-state index in [1.165, 1.54) is 0 Å². The summed E-state index contributed by atoms with van der Waals surface area (Å²) < 4.78 is 0. The van der Waals surface area contributed by atoms with Crippen LogP contribution in [0.3, 0.4) is 0 Å². The molecule has 0 spiro atoms. The minimum Gasteiger partial charge on any atom is -1.00 e. The standard InChI is InChI=1S/2CH3BN.3Na.H/c2*2-1-3;;;;/h2*2H3;;;;/q2*-1;3*+1;-1. The average Bonchev–Trinajstić information content (AvgIpc) is 1.39. The maximum absolute atomic E-state index is 7.43. The first-order valence-corrected chi connectivity index (χ1v) is 0.447. The van der Waals surface area contributed by atoms with Crippen LogP contribution in [-0.2, 0) is 0 Å². The topological polar surface area (TPSA) is 47.6 Å². The van der Waals surface area contributed by atoms with Crippen LogP contribution in [0, 0.1) is 22.5 Å². The van der Waals surface area contributed by atoms with Crippen LogP contribution in [0.2, 0.25) is 0 Å². The summed E-state index contributed by atoms with van der Waals surface area (Å²) in [5, 5.41) is 14.9. The molecule has 0 bridgehead atoms. The quantitative estimate of drug-likeness (QED) is 0.321. The van der Waals surface area contributed by atoms with Gasteiger partial charge < -0.3 is 1.43 Å². The molecular formula is C2H7B2N2Na3. The number of hydrogen-bond donors (Lipinski definition) is 0. The Morgan fingerprint density at radius 1 is 0.889 bits per heavy atom. The van der Waals surface area contributed by atoms with E-state index in [9.17, 15) is 0 Å². The van der Waals surface area contributed by atoms with E-state index in [0.717, 1.165) is 0 Å². The van der Waals surface area contributed by atoms with E-state index in [4.69, 9.17) is 10.5 Å². The third-order valence-corrected chi connectivity index (χ3v) is 0. The van der Waals surface area contributed by atoms with Gasteiger partial charge in [-0.25, -0.2) is 0 Å². The van der Waals surface area contributed by atoms with Gasteiger partial charge in [-0.1, -0.05) is 0 Å². The predicted molar refractivity (Wildman–Crippen MR) is 32.2 cm³/mol. The zero-order valence-electron chi connectivity index (χ0n) is 5.89.